The first-order chi connectivity index (χ1) is 13.2. The van der Waals surface area contributed by atoms with E-state index in [0.717, 1.165) is 34.7 Å². The van der Waals surface area contributed by atoms with Gasteiger partial charge in [-0.15, -0.1) is 0 Å². The van der Waals surface area contributed by atoms with Gasteiger partial charge >= 0.3 is 0 Å². The van der Waals surface area contributed by atoms with Crippen molar-refractivity contribution < 1.29 is 9.53 Å². The van der Waals surface area contributed by atoms with Crippen molar-refractivity contribution in [3.8, 4) is 5.75 Å². The lowest BCUT2D eigenvalue weighted by Gasteiger charge is -2.37. The normalized spacial score (nSPS) is 16.1. The number of carbonyl (C=O) groups is 1. The largest absolute Gasteiger partial charge is 0.494 e. The Kier molecular flexibility index (Phi) is 4.71. The molecule has 0 fully saturated rings. The maximum Gasteiger partial charge on any atom is 0.255 e. The van der Waals surface area contributed by atoms with Crippen LogP contribution in [0.25, 0.3) is 0 Å². The molecule has 4 nitrogen and oxygen atoms in total. The highest BCUT2D eigenvalue weighted by atomic mass is 16.5. The van der Waals surface area contributed by atoms with Gasteiger partial charge in [-0.2, -0.15) is 0 Å². The summed E-state index contributed by atoms with van der Waals surface area (Å²) in [5, 5.41) is 0. The Balaban J connectivity index is 1.74. The minimum atomic E-state index is -0.100. The summed E-state index contributed by atoms with van der Waals surface area (Å²) in [5.74, 6) is 0.934. The molecule has 0 bridgehead atoms. The molecule has 27 heavy (non-hydrogen) atoms. The van der Waals surface area contributed by atoms with Crippen molar-refractivity contribution in [1.29, 1.82) is 0 Å². The molecule has 3 aromatic rings. The predicted molar refractivity (Wildman–Crippen MR) is 106 cm³/mol. The second-order valence-electron chi connectivity index (χ2n) is 6.84. The molecule has 0 spiro atoms. The van der Waals surface area contributed by atoms with E-state index in [1.54, 1.807) is 0 Å². The van der Waals surface area contributed by atoms with Gasteiger partial charge in [0.25, 0.3) is 5.91 Å². The van der Waals surface area contributed by atoms with Gasteiger partial charge in [0.2, 0.25) is 0 Å². The maximum atomic E-state index is 13.4. The average molecular weight is 360 g/mol. The molecule has 1 atom stereocenters. The van der Waals surface area contributed by atoms with Crippen LogP contribution >= 0.6 is 0 Å². The number of aromatic nitrogens is 1. The number of hydrogen-bond acceptors (Lipinski definition) is 2. The van der Waals surface area contributed by atoms with Gasteiger partial charge in [0, 0.05) is 30.5 Å². The third-order valence-corrected chi connectivity index (χ3v) is 5.18. The summed E-state index contributed by atoms with van der Waals surface area (Å²) < 4.78 is 7.82. The third kappa shape index (κ3) is 3.23. The van der Waals surface area contributed by atoms with Crippen LogP contribution in [0.5, 0.6) is 5.75 Å². The highest BCUT2D eigenvalue weighted by molar-refractivity contribution is 5.96. The first kappa shape index (κ1) is 17.4. The first-order valence-corrected chi connectivity index (χ1v) is 9.43. The van der Waals surface area contributed by atoms with Crippen molar-refractivity contribution in [2.45, 2.75) is 26.4 Å². The number of rotatable bonds is 4. The number of amides is 1. The fourth-order valence-corrected chi connectivity index (χ4v) is 3.83. The molecule has 138 valence electrons. The zero-order valence-electron chi connectivity index (χ0n) is 15.8. The Bertz CT molecular complexity index is 943. The smallest absolute Gasteiger partial charge is 0.255 e. The van der Waals surface area contributed by atoms with E-state index in [0.29, 0.717) is 13.2 Å². The minimum absolute atomic E-state index is 0.0828. The zero-order valence-corrected chi connectivity index (χ0v) is 15.8. The van der Waals surface area contributed by atoms with Gasteiger partial charge in [-0.25, -0.2) is 0 Å². The van der Waals surface area contributed by atoms with Gasteiger partial charge in [-0.1, -0.05) is 30.3 Å². The lowest BCUT2D eigenvalue weighted by Crippen LogP contribution is -2.42. The van der Waals surface area contributed by atoms with Crippen LogP contribution in [0.1, 0.15) is 40.1 Å². The van der Waals surface area contributed by atoms with Gasteiger partial charge in [0.15, 0.2) is 0 Å². The topological polar surface area (TPSA) is 34.5 Å². The van der Waals surface area contributed by atoms with Crippen molar-refractivity contribution in [2.75, 3.05) is 13.2 Å². The fraction of sp³-hybridized carbons (Fsp3) is 0.261. The molecular weight excluding hydrogens is 336 g/mol. The quantitative estimate of drug-likeness (QED) is 0.689. The molecule has 0 saturated heterocycles. The van der Waals surface area contributed by atoms with E-state index in [1.165, 1.54) is 0 Å². The predicted octanol–water partition coefficient (Wildman–Crippen LogP) is 4.44. The van der Waals surface area contributed by atoms with Gasteiger partial charge in [-0.05, 0) is 55.3 Å². The molecule has 2 heterocycles. The van der Waals surface area contributed by atoms with Crippen LogP contribution in [0.3, 0.4) is 0 Å². The zero-order chi connectivity index (χ0) is 18.8. The van der Waals surface area contributed by atoms with Crippen LogP contribution in [-0.4, -0.2) is 28.5 Å². The van der Waals surface area contributed by atoms with Crippen molar-refractivity contribution in [1.82, 2.24) is 9.47 Å². The van der Waals surface area contributed by atoms with Gasteiger partial charge < -0.3 is 14.2 Å². The molecule has 1 aliphatic heterocycles. The third-order valence-electron chi connectivity index (χ3n) is 5.18. The number of aryl methyl sites for hydroxylation is 1. The second kappa shape index (κ2) is 7.31. The number of nitrogens with zero attached hydrogens (tertiary/aromatic N) is 2. The Morgan fingerprint density at radius 3 is 2.56 bits per heavy atom. The number of ether oxygens (including phenoxy) is 1. The van der Waals surface area contributed by atoms with Crippen molar-refractivity contribution in [2.24, 2.45) is 0 Å². The number of carbonyl (C=O) groups excluding carboxylic acids is 1. The van der Waals surface area contributed by atoms with Crippen LogP contribution < -0.4 is 4.74 Å². The van der Waals surface area contributed by atoms with Crippen LogP contribution in [0.4, 0.5) is 0 Å². The highest BCUT2D eigenvalue weighted by Crippen LogP contribution is 2.34. The minimum Gasteiger partial charge on any atom is -0.494 e. The van der Waals surface area contributed by atoms with E-state index in [2.05, 4.69) is 35.0 Å². The molecule has 4 heteroatoms. The number of benzene rings is 2. The lowest BCUT2D eigenvalue weighted by atomic mass is 9.98. The average Bonchev–Trinajstić information content (AvgIpc) is 3.17. The van der Waals surface area contributed by atoms with Gasteiger partial charge in [0.1, 0.15) is 5.75 Å². The standard InChI is InChI=1S/C23H24N2O2/c1-3-27-19-12-10-18(11-13-19)22-21-9-6-14-24(21)15-16-25(22)23(26)20-8-5-4-7-17(20)2/h4-14,22H,3,15-16H2,1-2H3. The summed E-state index contributed by atoms with van der Waals surface area (Å²) in [6.45, 7) is 6.11. The Morgan fingerprint density at radius 2 is 1.81 bits per heavy atom. The molecule has 0 N–H and O–H groups in total. The number of hydrogen-bond donors (Lipinski definition) is 0. The number of fused-ring (bicyclic) bond motifs is 1. The van der Waals surface area contributed by atoms with E-state index < -0.39 is 0 Å². The van der Waals surface area contributed by atoms with Gasteiger partial charge in [-0.3, -0.25) is 4.79 Å². The molecule has 1 amide bonds. The van der Waals surface area contributed by atoms with Crippen molar-refractivity contribution >= 4 is 5.91 Å². The molecule has 1 unspecified atom stereocenters. The van der Waals surface area contributed by atoms with Crippen molar-refractivity contribution in [3.05, 3.63) is 89.2 Å². The van der Waals surface area contributed by atoms with Crippen LogP contribution in [0.15, 0.2) is 66.9 Å². The van der Waals surface area contributed by atoms with E-state index in [9.17, 15) is 4.79 Å². The molecule has 4 rings (SSSR count). The molecule has 0 radical (unpaired) electrons. The Morgan fingerprint density at radius 1 is 1.04 bits per heavy atom. The van der Waals surface area contributed by atoms with Crippen LogP contribution in [0.2, 0.25) is 0 Å². The fourth-order valence-electron chi connectivity index (χ4n) is 3.83. The molecular formula is C23H24N2O2. The molecule has 1 aromatic heterocycles. The van der Waals surface area contributed by atoms with E-state index in [4.69, 9.17) is 4.74 Å². The lowest BCUT2D eigenvalue weighted by molar-refractivity contribution is 0.0663. The summed E-state index contributed by atoms with van der Waals surface area (Å²) in [6.07, 6.45) is 2.09. The van der Waals surface area contributed by atoms with E-state index in [1.807, 2.05) is 55.1 Å². The van der Waals surface area contributed by atoms with Crippen molar-refractivity contribution in [3.63, 3.8) is 0 Å². The highest BCUT2D eigenvalue weighted by Gasteiger charge is 2.33. The molecule has 1 aliphatic rings. The van der Waals surface area contributed by atoms with Gasteiger partial charge in [0.05, 0.1) is 12.6 Å². The Labute approximate surface area is 160 Å². The van der Waals surface area contributed by atoms with E-state index >= 15 is 0 Å². The summed E-state index contributed by atoms with van der Waals surface area (Å²) in [7, 11) is 0. The maximum absolute atomic E-state index is 13.4. The summed E-state index contributed by atoms with van der Waals surface area (Å²) >= 11 is 0. The van der Waals surface area contributed by atoms with E-state index in [-0.39, 0.29) is 11.9 Å². The first-order valence-electron chi connectivity index (χ1n) is 9.43. The molecule has 2 aromatic carbocycles. The Hall–Kier alpha value is -3.01. The summed E-state index contributed by atoms with van der Waals surface area (Å²) in [4.78, 5) is 15.4. The van der Waals surface area contributed by atoms with Crippen LogP contribution in [-0.2, 0) is 6.54 Å². The summed E-state index contributed by atoms with van der Waals surface area (Å²) in [5.41, 5.74) is 4.02. The molecule has 0 aliphatic carbocycles. The second-order valence-corrected chi connectivity index (χ2v) is 6.84. The summed E-state index contributed by atoms with van der Waals surface area (Å²) in [6, 6.07) is 20.0. The monoisotopic (exact) mass is 360 g/mol. The molecule has 0 saturated carbocycles. The van der Waals surface area contributed by atoms with Crippen LogP contribution in [0, 0.1) is 6.92 Å². The SMILES string of the molecule is CCOc1ccc(C2c3cccn3CCN2C(=O)c2ccccc2C)cc1.